The lowest BCUT2D eigenvalue weighted by molar-refractivity contribution is 0.0685. The Bertz CT molecular complexity index is 641. The van der Waals surface area contributed by atoms with Gasteiger partial charge < -0.3 is 14.2 Å². The van der Waals surface area contributed by atoms with Gasteiger partial charge in [0.05, 0.1) is 6.20 Å². The minimum Gasteiger partial charge on any atom is -0.438 e. The van der Waals surface area contributed by atoms with Crippen molar-refractivity contribution in [2.75, 3.05) is 25.0 Å². The summed E-state index contributed by atoms with van der Waals surface area (Å²) in [5.41, 5.74) is 1.01. The molecule has 0 radical (unpaired) electrons. The van der Waals surface area contributed by atoms with Crippen molar-refractivity contribution < 1.29 is 9.21 Å². The molecule has 0 aromatic carbocycles. The Balaban J connectivity index is 1.71. The van der Waals surface area contributed by atoms with Gasteiger partial charge in [-0.05, 0) is 31.9 Å². The summed E-state index contributed by atoms with van der Waals surface area (Å²) >= 11 is 0. The van der Waals surface area contributed by atoms with Crippen LogP contribution in [0.1, 0.15) is 29.1 Å². The van der Waals surface area contributed by atoms with E-state index in [0.717, 1.165) is 37.4 Å². The first-order chi connectivity index (χ1) is 10.6. The van der Waals surface area contributed by atoms with Gasteiger partial charge in [-0.2, -0.15) is 0 Å². The Labute approximate surface area is 129 Å². The van der Waals surface area contributed by atoms with Gasteiger partial charge in [-0.15, -0.1) is 0 Å². The highest BCUT2D eigenvalue weighted by Gasteiger charge is 2.28. The molecule has 1 fully saturated rings. The van der Waals surface area contributed by atoms with Gasteiger partial charge in [0.25, 0.3) is 5.91 Å². The first kappa shape index (κ1) is 14.6. The summed E-state index contributed by atoms with van der Waals surface area (Å²) in [7, 11) is 1.82. The van der Waals surface area contributed by atoms with E-state index in [4.69, 9.17) is 4.42 Å². The third kappa shape index (κ3) is 2.95. The molecule has 6 heteroatoms. The summed E-state index contributed by atoms with van der Waals surface area (Å²) in [6, 6.07) is 6.18. The van der Waals surface area contributed by atoms with E-state index in [-0.39, 0.29) is 17.7 Å². The fourth-order valence-corrected chi connectivity index (χ4v) is 2.84. The third-order valence-electron chi connectivity index (χ3n) is 4.11. The number of carbonyl (C=O) groups excluding carboxylic acids is 1. The molecule has 0 spiro atoms. The maximum atomic E-state index is 12.4. The predicted octanol–water partition coefficient (Wildman–Crippen LogP) is 2.12. The smallest absolute Gasteiger partial charge is 0.291 e. The number of likely N-dealkylation sites (N-methyl/N-ethyl adjacent to an activating group) is 1. The number of carbonyl (C=O) groups is 1. The largest absolute Gasteiger partial charge is 0.438 e. The number of aryl methyl sites for hydroxylation is 1. The molecule has 0 bridgehead atoms. The van der Waals surface area contributed by atoms with Crippen LogP contribution in [0, 0.1) is 6.92 Å². The van der Waals surface area contributed by atoms with Crippen LogP contribution in [0.25, 0.3) is 0 Å². The number of piperidine rings is 1. The number of oxazole rings is 1. The molecule has 1 atom stereocenters. The molecule has 1 saturated heterocycles. The van der Waals surface area contributed by atoms with Gasteiger partial charge in [0.15, 0.2) is 6.39 Å². The molecule has 2 aromatic rings. The number of aromatic nitrogens is 2. The highest BCUT2D eigenvalue weighted by atomic mass is 16.3. The van der Waals surface area contributed by atoms with Crippen LogP contribution in [0.3, 0.4) is 0 Å². The molecule has 1 aliphatic rings. The average Bonchev–Trinajstić information content (AvgIpc) is 3.08. The van der Waals surface area contributed by atoms with Gasteiger partial charge in [0.2, 0.25) is 5.76 Å². The fraction of sp³-hybridized carbons (Fsp3) is 0.438. The number of anilines is 1. The molecule has 3 heterocycles. The molecule has 1 amide bonds. The normalized spacial score (nSPS) is 18.3. The quantitative estimate of drug-likeness (QED) is 0.869. The van der Waals surface area contributed by atoms with Crippen molar-refractivity contribution in [2.45, 2.75) is 25.8 Å². The van der Waals surface area contributed by atoms with E-state index in [1.165, 1.54) is 12.6 Å². The highest BCUT2D eigenvalue weighted by molar-refractivity contribution is 5.91. The standard InChI is InChI=1S/C16H20N4O2/c1-12-5-3-7-15(18-12)20-8-4-6-13(10-20)19(2)16(21)14-9-17-11-22-14/h3,5,7,9,11,13H,4,6,8,10H2,1-2H3. The molecule has 1 aliphatic heterocycles. The molecule has 0 N–H and O–H groups in total. The van der Waals surface area contributed by atoms with E-state index in [1.807, 2.05) is 32.2 Å². The zero-order valence-electron chi connectivity index (χ0n) is 12.9. The molecule has 3 rings (SSSR count). The van der Waals surface area contributed by atoms with E-state index in [9.17, 15) is 4.79 Å². The Morgan fingerprint density at radius 3 is 3.05 bits per heavy atom. The molecule has 2 aromatic heterocycles. The second kappa shape index (κ2) is 6.17. The Hall–Kier alpha value is -2.37. The Morgan fingerprint density at radius 1 is 1.45 bits per heavy atom. The Kier molecular flexibility index (Phi) is 4.09. The van der Waals surface area contributed by atoms with Gasteiger partial charge >= 0.3 is 0 Å². The van der Waals surface area contributed by atoms with E-state index < -0.39 is 0 Å². The number of amides is 1. The average molecular weight is 300 g/mol. The van der Waals surface area contributed by atoms with Crippen molar-refractivity contribution in [3.8, 4) is 0 Å². The monoisotopic (exact) mass is 300 g/mol. The topological polar surface area (TPSA) is 62.5 Å². The third-order valence-corrected chi connectivity index (χ3v) is 4.11. The van der Waals surface area contributed by atoms with E-state index in [1.54, 1.807) is 4.90 Å². The number of pyridine rings is 1. The predicted molar refractivity (Wildman–Crippen MR) is 82.8 cm³/mol. The van der Waals surface area contributed by atoms with Crippen molar-refractivity contribution in [2.24, 2.45) is 0 Å². The second-order valence-electron chi connectivity index (χ2n) is 5.66. The summed E-state index contributed by atoms with van der Waals surface area (Å²) in [5.74, 6) is 1.14. The van der Waals surface area contributed by atoms with Gasteiger partial charge in [-0.3, -0.25) is 4.79 Å². The second-order valence-corrected chi connectivity index (χ2v) is 5.66. The summed E-state index contributed by atoms with van der Waals surface area (Å²) in [6.45, 7) is 3.74. The van der Waals surface area contributed by atoms with Crippen LogP contribution in [-0.2, 0) is 0 Å². The van der Waals surface area contributed by atoms with Crippen molar-refractivity contribution in [3.63, 3.8) is 0 Å². The van der Waals surface area contributed by atoms with Crippen molar-refractivity contribution in [3.05, 3.63) is 42.2 Å². The number of rotatable bonds is 3. The summed E-state index contributed by atoms with van der Waals surface area (Å²) in [6.07, 6.45) is 4.76. The van der Waals surface area contributed by atoms with E-state index in [2.05, 4.69) is 14.9 Å². The molecular weight excluding hydrogens is 280 g/mol. The van der Waals surface area contributed by atoms with E-state index in [0.29, 0.717) is 0 Å². The Morgan fingerprint density at radius 2 is 2.32 bits per heavy atom. The molecule has 116 valence electrons. The summed E-state index contributed by atoms with van der Waals surface area (Å²) in [5, 5.41) is 0. The van der Waals surface area contributed by atoms with Crippen LogP contribution in [-0.4, -0.2) is 47.0 Å². The lowest BCUT2D eigenvalue weighted by Crippen LogP contribution is -2.48. The SMILES string of the molecule is Cc1cccc(N2CCCC(N(C)C(=O)c3cnco3)C2)n1. The molecule has 0 aliphatic carbocycles. The lowest BCUT2D eigenvalue weighted by Gasteiger charge is -2.38. The van der Waals surface area contributed by atoms with Gasteiger partial charge in [0.1, 0.15) is 5.82 Å². The zero-order chi connectivity index (χ0) is 15.5. The highest BCUT2D eigenvalue weighted by Crippen LogP contribution is 2.21. The van der Waals surface area contributed by atoms with Crippen molar-refractivity contribution >= 4 is 11.7 Å². The minimum absolute atomic E-state index is 0.124. The number of hydrogen-bond donors (Lipinski definition) is 0. The van der Waals surface area contributed by atoms with Crippen LogP contribution in [0.5, 0.6) is 0 Å². The van der Waals surface area contributed by atoms with Crippen LogP contribution in [0.4, 0.5) is 5.82 Å². The lowest BCUT2D eigenvalue weighted by atomic mass is 10.0. The van der Waals surface area contributed by atoms with Crippen LogP contribution in [0.15, 0.2) is 35.2 Å². The van der Waals surface area contributed by atoms with E-state index >= 15 is 0 Å². The van der Waals surface area contributed by atoms with Crippen molar-refractivity contribution in [1.82, 2.24) is 14.9 Å². The fourth-order valence-electron chi connectivity index (χ4n) is 2.84. The first-order valence-electron chi connectivity index (χ1n) is 7.49. The maximum absolute atomic E-state index is 12.4. The summed E-state index contributed by atoms with van der Waals surface area (Å²) in [4.78, 5) is 24.7. The van der Waals surface area contributed by atoms with Gasteiger partial charge in [0, 0.05) is 31.9 Å². The van der Waals surface area contributed by atoms with Crippen molar-refractivity contribution in [1.29, 1.82) is 0 Å². The van der Waals surface area contributed by atoms with Crippen LogP contribution < -0.4 is 4.90 Å². The van der Waals surface area contributed by atoms with Gasteiger partial charge in [-0.25, -0.2) is 9.97 Å². The molecule has 22 heavy (non-hydrogen) atoms. The maximum Gasteiger partial charge on any atom is 0.291 e. The van der Waals surface area contributed by atoms with Gasteiger partial charge in [-0.1, -0.05) is 6.07 Å². The molecule has 6 nitrogen and oxygen atoms in total. The summed E-state index contributed by atoms with van der Waals surface area (Å²) < 4.78 is 5.11. The van der Waals surface area contributed by atoms with Crippen LogP contribution >= 0.6 is 0 Å². The number of nitrogens with zero attached hydrogens (tertiary/aromatic N) is 4. The molecule has 0 saturated carbocycles. The van der Waals surface area contributed by atoms with Crippen LogP contribution in [0.2, 0.25) is 0 Å². The minimum atomic E-state index is -0.124. The zero-order valence-corrected chi connectivity index (χ0v) is 12.9. The molecule has 1 unspecified atom stereocenters. The number of hydrogen-bond acceptors (Lipinski definition) is 5. The molecular formula is C16H20N4O2. The first-order valence-corrected chi connectivity index (χ1v) is 7.49.